The lowest BCUT2D eigenvalue weighted by Crippen LogP contribution is -2.13. The molecule has 0 atom stereocenters. The molecule has 0 unspecified atom stereocenters. The highest BCUT2D eigenvalue weighted by atomic mass is 35.5. The van der Waals surface area contributed by atoms with Crippen LogP contribution in [0, 0.1) is 10.1 Å². The highest BCUT2D eigenvalue weighted by Crippen LogP contribution is 2.36. The Morgan fingerprint density at radius 2 is 2.14 bits per heavy atom. The highest BCUT2D eigenvalue weighted by molar-refractivity contribution is 7.98. The fourth-order valence-corrected chi connectivity index (χ4v) is 3.63. The van der Waals surface area contributed by atoms with Gasteiger partial charge in [-0.05, 0) is 12.1 Å². The molecule has 0 radical (unpaired) electrons. The van der Waals surface area contributed by atoms with Gasteiger partial charge in [-0.2, -0.15) is 0 Å². The van der Waals surface area contributed by atoms with Crippen LogP contribution in [0.25, 0.3) is 0 Å². The quantitative estimate of drug-likeness (QED) is 0.303. The van der Waals surface area contributed by atoms with Crippen LogP contribution < -0.4 is 9.47 Å². The van der Waals surface area contributed by atoms with E-state index >= 15 is 0 Å². The van der Waals surface area contributed by atoms with Crippen LogP contribution >= 0.6 is 23.4 Å². The molecule has 0 amide bonds. The second kappa shape index (κ2) is 8.68. The van der Waals surface area contributed by atoms with E-state index in [1.807, 2.05) is 6.07 Å². The van der Waals surface area contributed by atoms with Crippen LogP contribution in [0.5, 0.6) is 11.5 Å². The summed E-state index contributed by atoms with van der Waals surface area (Å²) in [7, 11) is 0. The van der Waals surface area contributed by atoms with E-state index in [2.05, 4.69) is 10.2 Å². The van der Waals surface area contributed by atoms with Gasteiger partial charge in [0, 0.05) is 29.0 Å². The third-order valence-electron chi connectivity index (χ3n) is 3.97. The van der Waals surface area contributed by atoms with Crippen molar-refractivity contribution in [1.29, 1.82) is 0 Å². The number of halogens is 1. The first-order valence-electron chi connectivity index (χ1n) is 8.43. The molecule has 150 valence electrons. The molecule has 1 aliphatic heterocycles. The number of benzene rings is 2. The fourth-order valence-electron chi connectivity index (χ4n) is 2.69. The Hall–Kier alpha value is -2.82. The summed E-state index contributed by atoms with van der Waals surface area (Å²) in [5, 5.41) is 19.9. The van der Waals surface area contributed by atoms with E-state index < -0.39 is 4.92 Å². The first kappa shape index (κ1) is 19.5. The van der Waals surface area contributed by atoms with Crippen molar-refractivity contribution in [3.05, 3.63) is 68.6 Å². The number of aromatic nitrogens is 2. The first-order valence-corrected chi connectivity index (χ1v) is 9.80. The van der Waals surface area contributed by atoms with Gasteiger partial charge in [-0.15, -0.1) is 10.2 Å². The van der Waals surface area contributed by atoms with E-state index in [-0.39, 0.29) is 31.6 Å². The fraction of sp³-hybridized carbons (Fsp3) is 0.222. The summed E-state index contributed by atoms with van der Waals surface area (Å²) in [6.45, 7) is 0.440. The van der Waals surface area contributed by atoms with Crippen molar-refractivity contribution in [2.24, 2.45) is 0 Å². The average Bonchev–Trinajstić information content (AvgIpc) is 3.19. The minimum atomic E-state index is -0.445. The van der Waals surface area contributed by atoms with Crippen LogP contribution in [0.3, 0.4) is 0 Å². The summed E-state index contributed by atoms with van der Waals surface area (Å²) in [4.78, 5) is 10.7. The van der Waals surface area contributed by atoms with Gasteiger partial charge in [-0.1, -0.05) is 35.5 Å². The summed E-state index contributed by atoms with van der Waals surface area (Å²) >= 11 is 7.29. The van der Waals surface area contributed by atoms with Gasteiger partial charge in [0.15, 0.2) is 13.4 Å². The van der Waals surface area contributed by atoms with Gasteiger partial charge in [0.05, 0.1) is 16.6 Å². The predicted octanol–water partition coefficient (Wildman–Crippen LogP) is 4.37. The smallest absolute Gasteiger partial charge is 0.277 e. The maximum absolute atomic E-state index is 11.2. The molecule has 0 bridgehead atoms. The molecule has 9 nitrogen and oxygen atoms in total. The lowest BCUT2D eigenvalue weighted by atomic mass is 10.1. The number of nitro benzene ring substituents is 1. The minimum absolute atomic E-state index is 0.0205. The van der Waals surface area contributed by atoms with E-state index in [9.17, 15) is 10.1 Å². The molecular weight excluding hydrogens is 422 g/mol. The van der Waals surface area contributed by atoms with Crippen molar-refractivity contribution in [2.75, 3.05) is 6.79 Å². The van der Waals surface area contributed by atoms with E-state index in [0.29, 0.717) is 38.6 Å². The third kappa shape index (κ3) is 4.61. The zero-order chi connectivity index (χ0) is 20.2. The van der Waals surface area contributed by atoms with Crippen molar-refractivity contribution >= 4 is 29.1 Å². The van der Waals surface area contributed by atoms with Crippen molar-refractivity contribution in [3.63, 3.8) is 0 Å². The topological polar surface area (TPSA) is 110 Å². The van der Waals surface area contributed by atoms with Gasteiger partial charge < -0.3 is 18.6 Å². The Balaban J connectivity index is 1.43. The number of non-ortho nitro benzene ring substituents is 1. The molecule has 3 aromatic rings. The number of para-hydroxylation sites is 1. The number of hydrogen-bond acceptors (Lipinski definition) is 9. The van der Waals surface area contributed by atoms with Gasteiger partial charge in [-0.3, -0.25) is 10.1 Å². The van der Waals surface area contributed by atoms with E-state index in [4.69, 9.17) is 30.2 Å². The van der Waals surface area contributed by atoms with Gasteiger partial charge in [0.25, 0.3) is 16.8 Å². The normalized spacial score (nSPS) is 12.9. The molecule has 0 aliphatic carbocycles. The maximum Gasteiger partial charge on any atom is 0.277 e. The SMILES string of the molecule is O=[N+]([O-])c1cc2c(c(CSc3nnc(COc4ccccc4Cl)o3)c1)OCOC2. The van der Waals surface area contributed by atoms with E-state index in [1.54, 1.807) is 18.2 Å². The van der Waals surface area contributed by atoms with Gasteiger partial charge in [0.1, 0.15) is 11.5 Å². The minimum Gasteiger partial charge on any atom is -0.482 e. The number of ether oxygens (including phenoxy) is 3. The van der Waals surface area contributed by atoms with Crippen molar-refractivity contribution in [2.45, 2.75) is 24.2 Å². The van der Waals surface area contributed by atoms with Gasteiger partial charge in [-0.25, -0.2) is 0 Å². The molecular formula is C18H14ClN3O6S. The molecule has 2 heterocycles. The zero-order valence-electron chi connectivity index (χ0n) is 14.9. The standard InChI is InChI=1S/C18H14ClN3O6S/c19-14-3-1-2-4-15(14)26-8-16-20-21-18(28-16)29-9-12-6-13(22(23)24)5-11-7-25-10-27-17(11)12/h1-6H,7-10H2. The van der Waals surface area contributed by atoms with Gasteiger partial charge in [0.2, 0.25) is 0 Å². The molecule has 0 saturated carbocycles. The van der Waals surface area contributed by atoms with Crippen LogP contribution in [-0.2, 0) is 23.7 Å². The summed E-state index contributed by atoms with van der Waals surface area (Å²) in [6.07, 6.45) is 0. The predicted molar refractivity (Wildman–Crippen MR) is 103 cm³/mol. The van der Waals surface area contributed by atoms with Crippen LogP contribution in [0.1, 0.15) is 17.0 Å². The number of rotatable bonds is 7. The van der Waals surface area contributed by atoms with E-state index in [0.717, 1.165) is 0 Å². The molecule has 29 heavy (non-hydrogen) atoms. The largest absolute Gasteiger partial charge is 0.482 e. The third-order valence-corrected chi connectivity index (χ3v) is 5.15. The van der Waals surface area contributed by atoms with Crippen molar-refractivity contribution in [3.8, 4) is 11.5 Å². The molecule has 2 aromatic carbocycles. The maximum atomic E-state index is 11.2. The second-order valence-corrected chi connectivity index (χ2v) is 7.26. The Labute approximate surface area is 174 Å². The summed E-state index contributed by atoms with van der Waals surface area (Å²) in [5.74, 6) is 1.76. The monoisotopic (exact) mass is 435 g/mol. The molecule has 4 rings (SSSR count). The molecule has 0 saturated heterocycles. The van der Waals surface area contributed by atoms with Crippen LogP contribution in [0.4, 0.5) is 5.69 Å². The lowest BCUT2D eigenvalue weighted by molar-refractivity contribution is -0.385. The number of nitrogens with zero attached hydrogens (tertiary/aromatic N) is 3. The highest BCUT2D eigenvalue weighted by Gasteiger charge is 2.21. The van der Waals surface area contributed by atoms with Crippen LogP contribution in [0.2, 0.25) is 5.02 Å². The van der Waals surface area contributed by atoms with Crippen molar-refractivity contribution < 1.29 is 23.6 Å². The molecule has 0 N–H and O–H groups in total. The number of hydrogen-bond donors (Lipinski definition) is 0. The Bertz CT molecular complexity index is 1040. The molecule has 11 heteroatoms. The number of nitro groups is 1. The number of fused-ring (bicyclic) bond motifs is 1. The van der Waals surface area contributed by atoms with Crippen LogP contribution in [-0.4, -0.2) is 21.9 Å². The zero-order valence-corrected chi connectivity index (χ0v) is 16.4. The summed E-state index contributed by atoms with van der Waals surface area (Å²) in [5.41, 5.74) is 1.28. The molecule has 0 spiro atoms. The van der Waals surface area contributed by atoms with E-state index in [1.165, 1.54) is 23.9 Å². The second-order valence-electron chi connectivity index (χ2n) is 5.93. The Morgan fingerprint density at radius 3 is 2.97 bits per heavy atom. The van der Waals surface area contributed by atoms with Crippen LogP contribution in [0.15, 0.2) is 46.0 Å². The molecule has 1 aliphatic rings. The molecule has 0 fully saturated rings. The Morgan fingerprint density at radius 1 is 1.28 bits per heavy atom. The Kier molecular flexibility index (Phi) is 5.84. The van der Waals surface area contributed by atoms with Crippen molar-refractivity contribution in [1.82, 2.24) is 10.2 Å². The lowest BCUT2D eigenvalue weighted by Gasteiger charge is -2.20. The van der Waals surface area contributed by atoms with Gasteiger partial charge >= 0.3 is 0 Å². The summed E-state index contributed by atoms with van der Waals surface area (Å²) < 4.78 is 21.9. The average molecular weight is 436 g/mol. The molecule has 1 aromatic heterocycles. The number of thioether (sulfide) groups is 1. The first-order chi connectivity index (χ1) is 14.1. The summed E-state index contributed by atoms with van der Waals surface area (Å²) in [6, 6.07) is 10.0.